The van der Waals surface area contributed by atoms with Crippen LogP contribution < -0.4 is 0 Å². The molecule has 0 aromatic carbocycles. The fraction of sp³-hybridized carbons (Fsp3) is 0.733. The van der Waals surface area contributed by atoms with Crippen LogP contribution in [0.25, 0.3) is 0 Å². The van der Waals surface area contributed by atoms with Gasteiger partial charge in [0.05, 0.1) is 0 Å². The molecule has 0 amide bonds. The molecule has 1 aliphatic carbocycles. The van der Waals surface area contributed by atoms with E-state index < -0.39 is 0 Å². The third-order valence-corrected chi connectivity index (χ3v) is 4.29. The number of nitrogens with zero attached hydrogens (tertiary/aromatic N) is 2. The Morgan fingerprint density at radius 2 is 1.89 bits per heavy atom. The van der Waals surface area contributed by atoms with Crippen molar-refractivity contribution in [3.8, 4) is 0 Å². The molecule has 0 bridgehead atoms. The van der Waals surface area contributed by atoms with E-state index in [9.17, 15) is 4.79 Å². The Kier molecular flexibility index (Phi) is 3.60. The van der Waals surface area contributed by atoms with Gasteiger partial charge in [0, 0.05) is 19.2 Å². The van der Waals surface area contributed by atoms with E-state index in [4.69, 9.17) is 0 Å². The summed E-state index contributed by atoms with van der Waals surface area (Å²) < 4.78 is 1.70. The molecule has 0 N–H and O–H groups in total. The summed E-state index contributed by atoms with van der Waals surface area (Å²) in [6, 6.07) is 1.83. The topological polar surface area (TPSA) is 34.9 Å². The largest absolute Gasteiger partial charge is 0.292 e. The first-order chi connectivity index (χ1) is 8.38. The van der Waals surface area contributed by atoms with Crippen LogP contribution in [-0.2, 0) is 7.05 Å². The van der Waals surface area contributed by atoms with Gasteiger partial charge >= 0.3 is 0 Å². The first-order valence-corrected chi connectivity index (χ1v) is 6.92. The van der Waals surface area contributed by atoms with Gasteiger partial charge in [-0.15, -0.1) is 0 Å². The second-order valence-corrected chi connectivity index (χ2v) is 6.65. The van der Waals surface area contributed by atoms with Gasteiger partial charge in [-0.2, -0.15) is 5.10 Å². The third-order valence-electron chi connectivity index (χ3n) is 4.29. The number of carbonyl (C=O) groups is 1. The van der Waals surface area contributed by atoms with Crippen LogP contribution in [0.3, 0.4) is 0 Å². The molecule has 3 nitrogen and oxygen atoms in total. The van der Waals surface area contributed by atoms with Crippen molar-refractivity contribution in [2.45, 2.75) is 46.5 Å². The minimum absolute atomic E-state index is 0.193. The first-order valence-electron chi connectivity index (χ1n) is 6.92. The normalized spacial score (nSPS) is 25.1. The molecule has 0 spiro atoms. The van der Waals surface area contributed by atoms with Crippen LogP contribution in [0.1, 0.15) is 56.9 Å². The second kappa shape index (κ2) is 4.87. The van der Waals surface area contributed by atoms with Crippen molar-refractivity contribution in [1.82, 2.24) is 9.78 Å². The molecule has 0 atom stereocenters. The summed E-state index contributed by atoms with van der Waals surface area (Å²) in [5.74, 6) is 1.19. The predicted molar refractivity (Wildman–Crippen MR) is 72.4 cm³/mol. The maximum absolute atomic E-state index is 12.3. The van der Waals surface area contributed by atoms with Crippen LogP contribution in [-0.4, -0.2) is 15.6 Å². The van der Waals surface area contributed by atoms with E-state index in [2.05, 4.69) is 25.9 Å². The molecule has 1 fully saturated rings. The molecule has 100 valence electrons. The highest BCUT2D eigenvalue weighted by Gasteiger charge is 2.33. The van der Waals surface area contributed by atoms with Gasteiger partial charge in [-0.25, -0.2) is 0 Å². The molecule has 1 aliphatic rings. The summed E-state index contributed by atoms with van der Waals surface area (Å²) in [6.45, 7) is 6.91. The fourth-order valence-corrected chi connectivity index (χ4v) is 2.98. The van der Waals surface area contributed by atoms with Gasteiger partial charge in [0.15, 0.2) is 5.78 Å². The summed E-state index contributed by atoms with van der Waals surface area (Å²) in [4.78, 5) is 12.3. The Balaban J connectivity index is 1.96. The second-order valence-electron chi connectivity index (χ2n) is 6.65. The van der Waals surface area contributed by atoms with Crippen LogP contribution in [0.2, 0.25) is 0 Å². The zero-order valence-electron chi connectivity index (χ0n) is 11.9. The highest BCUT2D eigenvalue weighted by atomic mass is 16.1. The number of aromatic nitrogens is 2. The number of ketones is 1. The molecular weight excluding hydrogens is 224 g/mol. The van der Waals surface area contributed by atoms with Gasteiger partial charge < -0.3 is 0 Å². The quantitative estimate of drug-likeness (QED) is 0.751. The van der Waals surface area contributed by atoms with Gasteiger partial charge in [0.2, 0.25) is 0 Å². The van der Waals surface area contributed by atoms with E-state index in [0.29, 0.717) is 11.1 Å². The predicted octanol–water partition coefficient (Wildman–Crippen LogP) is 3.46. The molecule has 0 saturated heterocycles. The lowest BCUT2D eigenvalue weighted by Crippen LogP contribution is -2.29. The molecular formula is C15H24N2O. The third kappa shape index (κ3) is 2.82. The van der Waals surface area contributed by atoms with E-state index in [0.717, 1.165) is 18.8 Å². The van der Waals surface area contributed by atoms with Gasteiger partial charge in [0.1, 0.15) is 5.69 Å². The van der Waals surface area contributed by atoms with E-state index in [1.54, 1.807) is 4.68 Å². The number of carbonyl (C=O) groups excluding carboxylic acids is 1. The molecule has 1 saturated carbocycles. The SMILES string of the molecule is Cn1ccc(C(=O)C2CCC(C(C)(C)C)CC2)n1. The molecule has 18 heavy (non-hydrogen) atoms. The van der Waals surface area contributed by atoms with Crippen molar-refractivity contribution in [2.24, 2.45) is 24.3 Å². The monoisotopic (exact) mass is 248 g/mol. The molecule has 0 radical (unpaired) electrons. The van der Waals surface area contributed by atoms with Crippen molar-refractivity contribution < 1.29 is 4.79 Å². The maximum atomic E-state index is 12.3. The molecule has 2 rings (SSSR count). The lowest BCUT2D eigenvalue weighted by molar-refractivity contribution is 0.0813. The summed E-state index contributed by atoms with van der Waals surface area (Å²) in [7, 11) is 1.85. The number of hydrogen-bond acceptors (Lipinski definition) is 2. The van der Waals surface area contributed by atoms with Crippen LogP contribution in [0.5, 0.6) is 0 Å². The van der Waals surface area contributed by atoms with Crippen molar-refractivity contribution in [1.29, 1.82) is 0 Å². The molecule has 0 unspecified atom stereocenters. The average molecular weight is 248 g/mol. The van der Waals surface area contributed by atoms with Crippen molar-refractivity contribution >= 4 is 5.78 Å². The van der Waals surface area contributed by atoms with E-state index >= 15 is 0 Å². The van der Waals surface area contributed by atoms with Crippen molar-refractivity contribution in [3.05, 3.63) is 18.0 Å². The Morgan fingerprint density at radius 3 is 2.33 bits per heavy atom. The van der Waals surface area contributed by atoms with Crippen molar-refractivity contribution in [2.75, 3.05) is 0 Å². The Hall–Kier alpha value is -1.12. The first kappa shape index (κ1) is 13.3. The van der Waals surface area contributed by atoms with Gasteiger partial charge in [-0.1, -0.05) is 20.8 Å². The molecule has 1 aromatic heterocycles. The number of aryl methyl sites for hydroxylation is 1. The average Bonchev–Trinajstić information content (AvgIpc) is 2.74. The van der Waals surface area contributed by atoms with Gasteiger partial charge in [-0.05, 0) is 43.1 Å². The lowest BCUT2D eigenvalue weighted by Gasteiger charge is -2.36. The zero-order valence-corrected chi connectivity index (χ0v) is 11.9. The number of Topliss-reactive ketones (excluding diaryl/α,β-unsaturated/α-hetero) is 1. The Bertz CT molecular complexity index is 420. The van der Waals surface area contributed by atoms with E-state index in [1.165, 1.54) is 12.8 Å². The highest BCUT2D eigenvalue weighted by Crippen LogP contribution is 2.40. The fourth-order valence-electron chi connectivity index (χ4n) is 2.98. The smallest absolute Gasteiger partial charge is 0.186 e. The summed E-state index contributed by atoms with van der Waals surface area (Å²) in [6.07, 6.45) is 6.24. The number of hydrogen-bond donors (Lipinski definition) is 0. The standard InChI is InChI=1S/C15H24N2O/c1-15(2,3)12-7-5-11(6-8-12)14(18)13-9-10-17(4)16-13/h9-12H,5-8H2,1-4H3. The van der Waals surface area contributed by atoms with Crippen molar-refractivity contribution in [3.63, 3.8) is 0 Å². The van der Waals surface area contributed by atoms with Gasteiger partial charge in [-0.3, -0.25) is 9.48 Å². The van der Waals surface area contributed by atoms with Gasteiger partial charge in [0.25, 0.3) is 0 Å². The highest BCUT2D eigenvalue weighted by molar-refractivity contribution is 5.96. The summed E-state index contributed by atoms with van der Waals surface area (Å²) >= 11 is 0. The molecule has 1 heterocycles. The maximum Gasteiger partial charge on any atom is 0.186 e. The van der Waals surface area contributed by atoms with Crippen LogP contribution in [0, 0.1) is 17.3 Å². The molecule has 1 aromatic rings. The molecule has 0 aliphatic heterocycles. The summed E-state index contributed by atoms with van der Waals surface area (Å²) in [5.41, 5.74) is 1.01. The number of rotatable bonds is 2. The van der Waals surface area contributed by atoms with Crippen LogP contribution >= 0.6 is 0 Å². The zero-order chi connectivity index (χ0) is 13.3. The molecule has 3 heteroatoms. The Labute approximate surface area is 110 Å². The minimum Gasteiger partial charge on any atom is -0.292 e. The summed E-state index contributed by atoms with van der Waals surface area (Å²) in [5, 5.41) is 4.22. The van der Waals surface area contributed by atoms with Crippen LogP contribution in [0.15, 0.2) is 12.3 Å². The van der Waals surface area contributed by atoms with Crippen LogP contribution in [0.4, 0.5) is 0 Å². The minimum atomic E-state index is 0.193. The van der Waals surface area contributed by atoms with E-state index in [-0.39, 0.29) is 11.7 Å². The lowest BCUT2D eigenvalue weighted by atomic mass is 9.69. The van der Waals surface area contributed by atoms with E-state index in [1.807, 2.05) is 19.3 Å². The Morgan fingerprint density at radius 1 is 1.28 bits per heavy atom.